The number of nitrogens with two attached hydrogens (primary N) is 2. The van der Waals surface area contributed by atoms with Gasteiger partial charge < -0.3 is 55.7 Å². The van der Waals surface area contributed by atoms with Crippen molar-refractivity contribution in [1.82, 2.24) is 34.1 Å². The Kier molecular flexibility index (Phi) is 10.8. The zero-order chi connectivity index (χ0) is 38.8. The molecule has 0 aromatic carbocycles. The van der Waals surface area contributed by atoms with Crippen molar-refractivity contribution in [3.05, 3.63) is 33.4 Å². The third-order valence-corrected chi connectivity index (χ3v) is 14.5. The lowest BCUT2D eigenvalue weighted by Crippen LogP contribution is -2.47. The highest BCUT2D eigenvalue weighted by atomic mass is 32.7. The molecule has 6 heterocycles. The minimum atomic E-state index is -5.88. The molecule has 0 saturated carbocycles. The van der Waals surface area contributed by atoms with Crippen molar-refractivity contribution in [2.75, 3.05) is 30.9 Å². The minimum Gasteiger partial charge on any atom is -0.387 e. The normalized spacial score (nSPS) is 29.7. The van der Waals surface area contributed by atoms with Gasteiger partial charge in [0.25, 0.3) is 17.1 Å². The second-order valence-corrected chi connectivity index (χ2v) is 18.6. The van der Waals surface area contributed by atoms with Crippen molar-refractivity contribution >= 4 is 68.0 Å². The molecule has 0 aliphatic carbocycles. The number of phosphoric acid groups is 2. The molecule has 53 heavy (non-hydrogen) atoms. The summed E-state index contributed by atoms with van der Waals surface area (Å²) in [6.45, 7) is -6.23. The predicted molar refractivity (Wildman–Crippen MR) is 175 cm³/mol. The highest BCUT2D eigenvalue weighted by Gasteiger charge is 2.50. The average molecular weight is 834 g/mol. The fraction of sp³-hybridized carbons (Fsp3) is 0.545. The Morgan fingerprint density at radius 2 is 1.64 bits per heavy atom. The van der Waals surface area contributed by atoms with Gasteiger partial charge in [0.1, 0.15) is 30.5 Å². The van der Waals surface area contributed by atoms with Gasteiger partial charge in [-0.05, 0) is 11.4 Å². The first kappa shape index (κ1) is 39.6. The number of ether oxygens (including phenoxy) is 3. The van der Waals surface area contributed by atoms with Gasteiger partial charge in [-0.3, -0.25) is 33.2 Å². The molecule has 2 saturated heterocycles. The topological polar surface area (TPSA) is 398 Å². The van der Waals surface area contributed by atoms with Crippen molar-refractivity contribution in [3.8, 4) is 0 Å². The summed E-state index contributed by atoms with van der Waals surface area (Å²) >= 11 is -0.0711. The van der Waals surface area contributed by atoms with Crippen LogP contribution in [0.4, 0.5) is 11.9 Å². The van der Waals surface area contributed by atoms with Crippen LogP contribution in [0.15, 0.2) is 22.2 Å². The lowest BCUT2D eigenvalue weighted by molar-refractivity contribution is -0.746. The molecule has 0 bridgehead atoms. The largest absolute Gasteiger partial charge is 0.488 e. The molecular formula is C22H32N10O17P3S+. The number of methoxy groups -OCH3 is 1. The van der Waals surface area contributed by atoms with E-state index in [2.05, 4.69) is 33.5 Å². The number of H-pyrrole nitrogens is 2. The van der Waals surface area contributed by atoms with Gasteiger partial charge in [0, 0.05) is 12.9 Å². The van der Waals surface area contributed by atoms with Crippen LogP contribution in [0.2, 0.25) is 0 Å². The van der Waals surface area contributed by atoms with E-state index in [1.54, 1.807) is 0 Å². The number of imidazole rings is 2. The van der Waals surface area contributed by atoms with Crippen LogP contribution in [0.1, 0.15) is 12.5 Å². The Bertz CT molecular complexity index is 2300. The van der Waals surface area contributed by atoms with E-state index in [-0.39, 0.29) is 45.6 Å². The third-order valence-electron chi connectivity index (χ3n) is 7.93. The molecule has 5 unspecified atom stereocenters. The number of aliphatic hydroxyl groups is 3. The summed E-state index contributed by atoms with van der Waals surface area (Å²) in [7, 11) is -8.75. The van der Waals surface area contributed by atoms with Gasteiger partial charge in [0.15, 0.2) is 23.7 Å². The summed E-state index contributed by atoms with van der Waals surface area (Å²) < 4.78 is 71.5. The van der Waals surface area contributed by atoms with E-state index in [1.165, 1.54) is 29.6 Å². The zero-order valence-electron chi connectivity index (χ0n) is 26.9. The van der Waals surface area contributed by atoms with Crippen LogP contribution < -0.4 is 27.2 Å². The molecule has 11 atom stereocenters. The van der Waals surface area contributed by atoms with Crippen LogP contribution >= 0.6 is 33.8 Å². The molecule has 0 spiro atoms. The Morgan fingerprint density at radius 1 is 0.962 bits per heavy atom. The van der Waals surface area contributed by atoms with Crippen LogP contribution in [0.25, 0.3) is 22.3 Å². The number of aliphatic hydroxyl groups excluding tert-OH is 3. The number of aromatic amines is 2. The molecule has 4 aromatic heterocycles. The van der Waals surface area contributed by atoms with Crippen molar-refractivity contribution < 1.29 is 75.6 Å². The maximum Gasteiger partial charge on any atom is 0.488 e. The van der Waals surface area contributed by atoms with Crippen LogP contribution in [-0.2, 0) is 48.1 Å². The summed E-state index contributed by atoms with van der Waals surface area (Å²) in [4.78, 5) is 71.4. The summed E-state index contributed by atoms with van der Waals surface area (Å²) in [5.41, 5.74) is 9.80. The molecule has 4 aromatic rings. The predicted octanol–water partition coefficient (Wildman–Crippen LogP) is -3.18. The number of hydrogen-bond acceptors (Lipinski definition) is 20. The third kappa shape index (κ3) is 7.99. The number of nitrogens with zero attached hydrogens (tertiary/aromatic N) is 6. The molecule has 2 aliphatic heterocycles. The number of aromatic nitrogens is 8. The summed E-state index contributed by atoms with van der Waals surface area (Å²) in [5, 5.41) is 31.9. The first-order valence-electron chi connectivity index (χ1n) is 14.8. The first-order chi connectivity index (χ1) is 24.7. The smallest absolute Gasteiger partial charge is 0.387 e. The van der Waals surface area contributed by atoms with E-state index < -0.39 is 95.0 Å². The fourth-order valence-electron chi connectivity index (χ4n) is 5.67. The monoisotopic (exact) mass is 833 g/mol. The summed E-state index contributed by atoms with van der Waals surface area (Å²) in [6, 6.07) is 0. The van der Waals surface area contributed by atoms with Crippen molar-refractivity contribution in [2.45, 2.75) is 49.1 Å². The molecule has 0 amide bonds. The number of hydrogen-bond donors (Lipinski definition) is 10. The van der Waals surface area contributed by atoms with Crippen LogP contribution in [0.5, 0.6) is 0 Å². The summed E-state index contributed by atoms with van der Waals surface area (Å²) in [5.74, 6) is -1.17. The van der Waals surface area contributed by atoms with Crippen LogP contribution in [0.3, 0.4) is 0 Å². The quantitative estimate of drug-likeness (QED) is 0.0469. The van der Waals surface area contributed by atoms with Crippen molar-refractivity contribution in [2.24, 2.45) is 7.05 Å². The van der Waals surface area contributed by atoms with E-state index >= 15 is 0 Å². The molecule has 2 aliphatic rings. The lowest BCUT2D eigenvalue weighted by Gasteiger charge is -2.21. The number of nitrogen functional groups attached to an aromatic ring is 2. The Morgan fingerprint density at radius 3 is 2.34 bits per heavy atom. The van der Waals surface area contributed by atoms with Crippen LogP contribution in [-0.4, -0.2) is 120 Å². The maximum atomic E-state index is 12.7. The molecule has 27 nitrogen and oxygen atoms in total. The molecule has 2 fully saturated rings. The zero-order valence-corrected chi connectivity index (χ0v) is 30.4. The van der Waals surface area contributed by atoms with Gasteiger partial charge in [0.05, 0.1) is 26.1 Å². The van der Waals surface area contributed by atoms with Gasteiger partial charge in [-0.2, -0.15) is 13.6 Å². The SMILES string of the molecule is CO[C@H]1C(O)[C@@H](COP(=O)(O)OP(=O)(O)OP(=O)(O)SC[C@H]2O[C@@H](n3cnc4c(=O)[nH]c(N)nc43)C(O)[C@H]2O)O[C@H]1[n+]1cn(C)c2c(=O)[nH]c(N)nc21. The molecule has 0 radical (unpaired) electrons. The molecule has 6 rings (SSSR count). The molecule has 12 N–H and O–H groups in total. The number of fused-ring (bicyclic) bond motifs is 2. The number of rotatable bonds is 13. The highest BCUT2D eigenvalue weighted by molar-refractivity contribution is 8.55. The molecule has 292 valence electrons. The molecular weight excluding hydrogens is 801 g/mol. The Hall–Kier alpha value is -3.14. The van der Waals surface area contributed by atoms with Crippen molar-refractivity contribution in [3.63, 3.8) is 0 Å². The van der Waals surface area contributed by atoms with E-state index in [0.717, 1.165) is 10.9 Å². The number of aryl methyl sites for hydroxylation is 1. The molecule has 31 heteroatoms. The first-order valence-corrected chi connectivity index (χ1v) is 20.9. The minimum absolute atomic E-state index is 0.0351. The van der Waals surface area contributed by atoms with Crippen molar-refractivity contribution in [1.29, 1.82) is 0 Å². The second-order valence-electron chi connectivity index (χ2n) is 11.5. The maximum absolute atomic E-state index is 12.7. The van der Waals surface area contributed by atoms with E-state index in [4.69, 9.17) is 30.2 Å². The van der Waals surface area contributed by atoms with Crippen LogP contribution in [0, 0.1) is 0 Å². The number of anilines is 2. The fourth-order valence-corrected chi connectivity index (χ4v) is 11.7. The van der Waals surface area contributed by atoms with E-state index in [9.17, 15) is 53.3 Å². The van der Waals surface area contributed by atoms with Gasteiger partial charge >= 0.3 is 28.1 Å². The number of phosphoric ester groups is 1. The van der Waals surface area contributed by atoms with Gasteiger partial charge in [-0.25, -0.2) is 23.2 Å². The van der Waals surface area contributed by atoms with Gasteiger partial charge in [0.2, 0.25) is 17.7 Å². The number of nitrogens with one attached hydrogen (secondary N) is 2. The average Bonchev–Trinajstić information content (AvgIpc) is 3.77. The second kappa shape index (κ2) is 14.5. The Labute approximate surface area is 297 Å². The summed E-state index contributed by atoms with van der Waals surface area (Å²) in [6.07, 6.45) is -9.18. The Balaban J connectivity index is 1.06. The highest BCUT2D eigenvalue weighted by Crippen LogP contribution is 2.71. The van der Waals surface area contributed by atoms with E-state index in [1.807, 2.05) is 0 Å². The van der Waals surface area contributed by atoms with E-state index in [0.29, 0.717) is 0 Å². The standard InChI is InChI=1S/C22H31N10O17P3S/c1-30-6-32(16-10(30)18(37)29-22(24)27-16)20-14(44-2)12(34)7(46-20)3-45-50(38,39)48-51(40,41)49-52(42,43)53-4-8-11(33)13(35)19(47-8)31-5-25-9-15(31)26-21(23)28-17(9)36/h5-8,11-14,19-20,33-35H,3-4H2,1-2H3,(H8-,23,24,26,27,28,29,36,37,38,39,40,41,42,43)/p+1/t7-,8-,11+,12?,13?,14+,19-,20-/m1/s1. The lowest BCUT2D eigenvalue weighted by atomic mass is 10.1. The van der Waals surface area contributed by atoms with Gasteiger partial charge in [-0.1, -0.05) is 4.98 Å². The van der Waals surface area contributed by atoms with Gasteiger partial charge in [-0.15, -0.1) is 0 Å².